The molecule has 18 aromatic rings. The fourth-order valence-electron chi connectivity index (χ4n) is 18.7. The summed E-state index contributed by atoms with van der Waals surface area (Å²) < 4.78 is 5.05. The summed E-state index contributed by atoms with van der Waals surface area (Å²) in [6, 6.07) is 138. The summed E-state index contributed by atoms with van der Waals surface area (Å²) in [6.45, 7) is 28.1. The molecule has 0 radical (unpaired) electrons. The molecule has 0 aliphatic carbocycles. The SMILES string of the molecule is CC(C)(C)c1cc(-c2cc3c4c(c2)N(c2c(-c5ccccc5)cc(C(C)(C)C)cc2-c2ccccc2)c2cc(-n5c6ccccc6c6cc(N(c7ccccc7)c7ccccc7)ccc65)ccc2B4c2ccc(-n4c5ccccc5c5ccccc54)cc2N3c2c(-c3ccccc3)cc(C(C)(C)C)cc2-c2ccccc2)cc(C(C)(C)C)c1. The molecule has 2 aliphatic heterocycles. The highest BCUT2D eigenvalue weighted by molar-refractivity contribution is 7.00. The van der Waals surface area contributed by atoms with Crippen LogP contribution in [0.5, 0.6) is 0 Å². The lowest BCUT2D eigenvalue weighted by Gasteiger charge is -2.46. The van der Waals surface area contributed by atoms with Crippen molar-refractivity contribution in [2.45, 2.75) is 105 Å². The van der Waals surface area contributed by atoms with Gasteiger partial charge < -0.3 is 23.8 Å². The van der Waals surface area contributed by atoms with Crippen molar-refractivity contribution in [2.24, 2.45) is 0 Å². The average molecular weight is 1520 g/mol. The number of anilines is 9. The van der Waals surface area contributed by atoms with E-state index in [0.29, 0.717) is 0 Å². The van der Waals surface area contributed by atoms with Crippen LogP contribution in [0.25, 0.3) is 111 Å². The maximum Gasteiger partial charge on any atom is 0.252 e. The van der Waals surface area contributed by atoms with E-state index in [1.807, 2.05) is 0 Å². The van der Waals surface area contributed by atoms with Gasteiger partial charge in [-0.2, -0.15) is 0 Å². The molecule has 0 saturated carbocycles. The molecule has 118 heavy (non-hydrogen) atoms. The molecule has 0 bridgehead atoms. The van der Waals surface area contributed by atoms with Gasteiger partial charge in [0.25, 0.3) is 6.71 Å². The Morgan fingerprint density at radius 1 is 0.229 bits per heavy atom. The number of fused-ring (bicyclic) bond motifs is 10. The highest BCUT2D eigenvalue weighted by Crippen LogP contribution is 2.57. The molecule has 0 fully saturated rings. The molecule has 20 rings (SSSR count). The minimum Gasteiger partial charge on any atom is -0.310 e. The lowest BCUT2D eigenvalue weighted by atomic mass is 9.33. The standard InChI is InChI=1S/C112H96BN5/c1-109(2,3)79-61-77(62-80(65-79)110(4,5)6)78-63-104-106-105(64-78)118(108-93(75-41-23-15-24-42-75)68-82(112(10,11)12)69-94(108)76-43-25-16-26-44-76)103-72-87(116-100-54-36-33-51-90(100)95-70-85(57-60-101(95)116)114(83-45-27-17-28-46-83)84-47-29-18-30-48-84)56-59-97(103)113(106)96-58-55-86(115-98-52-34-31-49-88(98)89-50-32-35-53-99(89)115)71-102(96)117(104)107-91(73-37-19-13-20-38-73)66-81(111(7,8)9)67-92(107)74-39-21-14-22-40-74/h13-72H,1-12H3. The Balaban J connectivity index is 0.974. The first kappa shape index (κ1) is 73.5. The van der Waals surface area contributed by atoms with Crippen molar-refractivity contribution < 1.29 is 0 Å². The van der Waals surface area contributed by atoms with Crippen LogP contribution in [0.3, 0.4) is 0 Å². The Labute approximate surface area is 695 Å². The van der Waals surface area contributed by atoms with E-state index < -0.39 is 0 Å². The van der Waals surface area contributed by atoms with Crippen molar-refractivity contribution in [3.8, 4) is 67.0 Å². The van der Waals surface area contributed by atoms with Crippen LogP contribution in [0.1, 0.15) is 105 Å². The van der Waals surface area contributed by atoms with Crippen LogP contribution >= 0.6 is 0 Å². The largest absolute Gasteiger partial charge is 0.310 e. The predicted octanol–water partition coefficient (Wildman–Crippen LogP) is 29.0. The van der Waals surface area contributed by atoms with Gasteiger partial charge in [0.2, 0.25) is 0 Å². The van der Waals surface area contributed by atoms with Gasteiger partial charge in [-0.15, -0.1) is 0 Å². The molecule has 2 aromatic heterocycles. The second-order valence-electron chi connectivity index (χ2n) is 36.6. The molecule has 0 saturated heterocycles. The highest BCUT2D eigenvalue weighted by atomic mass is 15.2. The number of benzene rings is 16. The molecule has 572 valence electrons. The van der Waals surface area contributed by atoms with Crippen LogP contribution in [-0.2, 0) is 21.7 Å². The highest BCUT2D eigenvalue weighted by Gasteiger charge is 2.47. The molecule has 0 unspecified atom stereocenters. The second-order valence-corrected chi connectivity index (χ2v) is 36.6. The Morgan fingerprint density at radius 3 is 0.890 bits per heavy atom. The van der Waals surface area contributed by atoms with E-state index in [0.717, 1.165) is 135 Å². The van der Waals surface area contributed by atoms with Gasteiger partial charge in [0, 0.05) is 95.0 Å². The van der Waals surface area contributed by atoms with Crippen molar-refractivity contribution in [2.75, 3.05) is 14.7 Å². The maximum absolute atomic E-state index is 2.76. The summed E-state index contributed by atoms with van der Waals surface area (Å²) in [6.07, 6.45) is 0. The van der Waals surface area contributed by atoms with Gasteiger partial charge in [-0.3, -0.25) is 0 Å². The Hall–Kier alpha value is -13.4. The molecule has 0 atom stereocenters. The van der Waals surface area contributed by atoms with E-state index >= 15 is 0 Å². The predicted molar refractivity (Wildman–Crippen MR) is 506 cm³/mol. The summed E-state index contributed by atoms with van der Waals surface area (Å²) in [5.74, 6) is 0. The van der Waals surface area contributed by atoms with Gasteiger partial charge in [-0.25, -0.2) is 0 Å². The zero-order valence-electron chi connectivity index (χ0n) is 69.5. The van der Waals surface area contributed by atoms with Gasteiger partial charge in [0.05, 0.1) is 33.4 Å². The fourth-order valence-corrected chi connectivity index (χ4v) is 18.7. The van der Waals surface area contributed by atoms with Gasteiger partial charge >= 0.3 is 0 Å². The molecule has 0 N–H and O–H groups in total. The molecule has 2 aliphatic rings. The summed E-state index contributed by atoms with van der Waals surface area (Å²) in [5, 5.41) is 4.79. The molecule has 5 nitrogen and oxygen atoms in total. The number of hydrogen-bond donors (Lipinski definition) is 0. The first-order valence-electron chi connectivity index (χ1n) is 41.8. The van der Waals surface area contributed by atoms with Gasteiger partial charge in [0.15, 0.2) is 0 Å². The minimum atomic E-state index is -0.310. The van der Waals surface area contributed by atoms with E-state index in [2.05, 4.69) is 471 Å². The number of hydrogen-bond acceptors (Lipinski definition) is 3. The third kappa shape index (κ3) is 12.5. The van der Waals surface area contributed by atoms with Gasteiger partial charge in [0.1, 0.15) is 0 Å². The molecule has 0 spiro atoms. The number of nitrogens with zero attached hydrogens (tertiary/aromatic N) is 5. The quantitative estimate of drug-likeness (QED) is 0.114. The van der Waals surface area contributed by atoms with E-state index in [1.54, 1.807) is 0 Å². The second kappa shape index (κ2) is 28.2. The number of rotatable bonds is 12. The van der Waals surface area contributed by atoms with Crippen molar-refractivity contribution in [1.82, 2.24) is 9.13 Å². The summed E-state index contributed by atoms with van der Waals surface area (Å²) in [7, 11) is 0. The van der Waals surface area contributed by atoms with Gasteiger partial charge in [-0.05, 0) is 215 Å². The minimum absolute atomic E-state index is 0.190. The fraction of sp³-hybridized carbons (Fsp3) is 0.143. The van der Waals surface area contributed by atoms with Crippen LogP contribution in [0.15, 0.2) is 364 Å². The molecular weight excluding hydrogens is 1430 g/mol. The normalized spacial score (nSPS) is 12.9. The van der Waals surface area contributed by atoms with Crippen molar-refractivity contribution in [1.29, 1.82) is 0 Å². The van der Waals surface area contributed by atoms with Crippen LogP contribution < -0.4 is 31.1 Å². The maximum atomic E-state index is 2.76. The summed E-state index contributed by atoms with van der Waals surface area (Å²) in [4.78, 5) is 7.89. The van der Waals surface area contributed by atoms with Crippen LogP contribution in [0, 0.1) is 0 Å². The van der Waals surface area contributed by atoms with Crippen LogP contribution in [0.2, 0.25) is 0 Å². The lowest BCUT2D eigenvalue weighted by molar-refractivity contribution is 0.569. The first-order valence-corrected chi connectivity index (χ1v) is 41.8. The number of para-hydroxylation sites is 5. The molecule has 6 heteroatoms. The molecule has 4 heterocycles. The van der Waals surface area contributed by atoms with E-state index in [9.17, 15) is 0 Å². The van der Waals surface area contributed by atoms with Crippen molar-refractivity contribution in [3.05, 3.63) is 386 Å². The molecule has 16 aromatic carbocycles. The van der Waals surface area contributed by atoms with E-state index in [4.69, 9.17) is 0 Å². The summed E-state index contributed by atoms with van der Waals surface area (Å²) in [5.41, 5.74) is 36.0. The van der Waals surface area contributed by atoms with Crippen LogP contribution in [-0.4, -0.2) is 15.8 Å². The monoisotopic (exact) mass is 1520 g/mol. The first-order chi connectivity index (χ1) is 57.1. The number of aromatic nitrogens is 2. The Bertz CT molecular complexity index is 6690. The zero-order valence-corrected chi connectivity index (χ0v) is 69.5. The third-order valence-corrected chi connectivity index (χ3v) is 24.8. The van der Waals surface area contributed by atoms with Crippen LogP contribution in [0.4, 0.5) is 51.2 Å². The Kier molecular flexibility index (Phi) is 17.6. The van der Waals surface area contributed by atoms with E-state index in [1.165, 1.54) is 65.8 Å². The van der Waals surface area contributed by atoms with Gasteiger partial charge in [-0.1, -0.05) is 326 Å². The topological polar surface area (TPSA) is 19.6 Å². The average Bonchev–Trinajstić information content (AvgIpc) is 0.698. The van der Waals surface area contributed by atoms with Crippen molar-refractivity contribution >= 4 is 118 Å². The zero-order chi connectivity index (χ0) is 80.7. The van der Waals surface area contributed by atoms with Crippen molar-refractivity contribution in [3.63, 3.8) is 0 Å². The lowest BCUT2D eigenvalue weighted by Crippen LogP contribution is -2.61. The Morgan fingerprint density at radius 2 is 0.534 bits per heavy atom. The van der Waals surface area contributed by atoms with E-state index in [-0.39, 0.29) is 28.4 Å². The summed E-state index contributed by atoms with van der Waals surface area (Å²) >= 11 is 0. The smallest absolute Gasteiger partial charge is 0.252 e. The third-order valence-electron chi connectivity index (χ3n) is 24.8. The molecular formula is C112H96BN5. The molecule has 0 amide bonds.